The lowest BCUT2D eigenvalue weighted by molar-refractivity contribution is 0.269. The van der Waals surface area contributed by atoms with Crippen molar-refractivity contribution in [2.45, 2.75) is 70.3 Å². The first-order valence-corrected chi connectivity index (χ1v) is 13.0. The first-order valence-electron chi connectivity index (χ1n) is 13.0. The van der Waals surface area contributed by atoms with Gasteiger partial charge in [0.25, 0.3) is 0 Å². The molecule has 1 N–H and O–H groups in total. The van der Waals surface area contributed by atoms with Gasteiger partial charge in [0.15, 0.2) is 0 Å². The molecule has 1 heterocycles. The molecule has 0 aliphatic heterocycles. The summed E-state index contributed by atoms with van der Waals surface area (Å²) in [5.74, 6) is 3.37. The molecule has 0 amide bonds. The third kappa shape index (κ3) is 6.53. The Labute approximate surface area is 203 Å². The number of aromatic nitrogens is 1. The molecule has 0 bridgehead atoms. The Hall–Kier alpha value is -3.01. The number of ether oxygens (including phenoxy) is 2. The van der Waals surface area contributed by atoms with Gasteiger partial charge in [-0.25, -0.2) is 0 Å². The summed E-state index contributed by atoms with van der Waals surface area (Å²) < 4.78 is 12.1. The number of hydrogen-bond donors (Lipinski definition) is 1. The molecular formula is C30H36N2O2. The molecule has 2 saturated carbocycles. The molecule has 2 aromatic carbocycles. The van der Waals surface area contributed by atoms with Gasteiger partial charge in [-0.2, -0.15) is 0 Å². The van der Waals surface area contributed by atoms with E-state index in [0.717, 1.165) is 47.5 Å². The summed E-state index contributed by atoms with van der Waals surface area (Å²) in [7, 11) is 0. The van der Waals surface area contributed by atoms with Crippen LogP contribution in [0.25, 0.3) is 0 Å². The highest BCUT2D eigenvalue weighted by Gasteiger charge is 2.26. The Morgan fingerprint density at radius 3 is 2.53 bits per heavy atom. The molecular weight excluding hydrogens is 420 g/mol. The maximum atomic E-state index is 6.09. The van der Waals surface area contributed by atoms with Crippen molar-refractivity contribution < 1.29 is 9.47 Å². The zero-order valence-electron chi connectivity index (χ0n) is 20.0. The van der Waals surface area contributed by atoms with Crippen LogP contribution in [0.1, 0.15) is 75.0 Å². The normalized spacial score (nSPS) is 16.2. The third-order valence-corrected chi connectivity index (χ3v) is 7.02. The van der Waals surface area contributed by atoms with Crippen molar-refractivity contribution in [2.75, 3.05) is 11.9 Å². The Kier molecular flexibility index (Phi) is 7.64. The van der Waals surface area contributed by atoms with Crippen molar-refractivity contribution in [2.24, 2.45) is 5.92 Å². The van der Waals surface area contributed by atoms with Crippen LogP contribution < -0.4 is 14.8 Å². The van der Waals surface area contributed by atoms with E-state index >= 15 is 0 Å². The molecule has 0 radical (unpaired) electrons. The molecule has 0 unspecified atom stereocenters. The van der Waals surface area contributed by atoms with Crippen LogP contribution in [-0.2, 0) is 6.61 Å². The highest BCUT2D eigenvalue weighted by molar-refractivity contribution is 5.66. The number of rotatable bonds is 11. The van der Waals surface area contributed by atoms with E-state index in [1.54, 1.807) is 6.20 Å². The van der Waals surface area contributed by atoms with Crippen LogP contribution >= 0.6 is 0 Å². The third-order valence-electron chi connectivity index (χ3n) is 7.02. The highest BCUT2D eigenvalue weighted by atomic mass is 16.5. The van der Waals surface area contributed by atoms with Gasteiger partial charge in [-0.15, -0.1) is 0 Å². The van der Waals surface area contributed by atoms with Crippen molar-refractivity contribution in [3.8, 4) is 11.5 Å². The lowest BCUT2D eigenvalue weighted by Gasteiger charge is -2.21. The van der Waals surface area contributed by atoms with Crippen LogP contribution in [0.3, 0.4) is 0 Å². The average Bonchev–Trinajstić information content (AvgIpc) is 3.73. The molecule has 3 aromatic rings. The van der Waals surface area contributed by atoms with E-state index in [1.165, 1.54) is 56.9 Å². The van der Waals surface area contributed by atoms with E-state index in [4.69, 9.17) is 9.47 Å². The topological polar surface area (TPSA) is 43.4 Å². The fourth-order valence-electron chi connectivity index (χ4n) is 4.97. The lowest BCUT2D eigenvalue weighted by Crippen LogP contribution is -2.08. The van der Waals surface area contributed by atoms with Crippen molar-refractivity contribution in [3.05, 3.63) is 78.1 Å². The van der Waals surface area contributed by atoms with Crippen molar-refractivity contribution in [1.82, 2.24) is 4.98 Å². The van der Waals surface area contributed by atoms with Gasteiger partial charge >= 0.3 is 0 Å². The SMILES string of the molecule is c1ccc(COc2ccc(Nc3cccc(OCCCC4CCCCC4)c3)c(C3CC3)c2)nc1. The molecule has 1 aromatic heterocycles. The summed E-state index contributed by atoms with van der Waals surface area (Å²) in [6, 6.07) is 20.6. The van der Waals surface area contributed by atoms with E-state index in [0.29, 0.717) is 12.5 Å². The molecule has 2 aliphatic carbocycles. The average molecular weight is 457 g/mol. The van der Waals surface area contributed by atoms with E-state index in [9.17, 15) is 0 Å². The maximum absolute atomic E-state index is 6.09. The van der Waals surface area contributed by atoms with Gasteiger partial charge < -0.3 is 14.8 Å². The molecule has 0 spiro atoms. The van der Waals surface area contributed by atoms with Crippen molar-refractivity contribution >= 4 is 11.4 Å². The predicted octanol–water partition coefficient (Wildman–Crippen LogP) is 8.02. The van der Waals surface area contributed by atoms with Gasteiger partial charge in [0.1, 0.15) is 18.1 Å². The second kappa shape index (κ2) is 11.4. The predicted molar refractivity (Wildman–Crippen MR) is 138 cm³/mol. The van der Waals surface area contributed by atoms with Crippen LogP contribution in [0, 0.1) is 5.92 Å². The van der Waals surface area contributed by atoms with Crippen LogP contribution in [0.4, 0.5) is 11.4 Å². The summed E-state index contributed by atoms with van der Waals surface area (Å²) in [5, 5.41) is 3.63. The second-order valence-corrected chi connectivity index (χ2v) is 9.78. The monoisotopic (exact) mass is 456 g/mol. The van der Waals surface area contributed by atoms with Crippen LogP contribution in [0.15, 0.2) is 66.9 Å². The molecule has 4 heteroatoms. The zero-order chi connectivity index (χ0) is 23.0. The Bertz CT molecular complexity index is 1040. The second-order valence-electron chi connectivity index (χ2n) is 9.78. The molecule has 5 rings (SSSR count). The summed E-state index contributed by atoms with van der Waals surface area (Å²) in [4.78, 5) is 4.35. The molecule has 34 heavy (non-hydrogen) atoms. The largest absolute Gasteiger partial charge is 0.494 e. The minimum Gasteiger partial charge on any atom is -0.494 e. The van der Waals surface area contributed by atoms with Gasteiger partial charge in [-0.1, -0.05) is 44.2 Å². The Morgan fingerprint density at radius 1 is 0.824 bits per heavy atom. The number of anilines is 2. The summed E-state index contributed by atoms with van der Waals surface area (Å²) in [6.07, 6.45) is 13.8. The smallest absolute Gasteiger partial charge is 0.130 e. The van der Waals surface area contributed by atoms with E-state index in [-0.39, 0.29) is 0 Å². The molecule has 178 valence electrons. The standard InChI is InChI=1S/C30H36N2O2/c1-2-8-23(9-3-1)10-7-19-33-27-13-6-12-25(20-27)32-30-17-16-28(21-29(30)24-14-15-24)34-22-26-11-4-5-18-31-26/h4-6,11-13,16-18,20-21,23-24,32H,1-3,7-10,14-15,19,22H2. The molecule has 2 aliphatic rings. The number of benzene rings is 2. The summed E-state index contributed by atoms with van der Waals surface area (Å²) in [6.45, 7) is 1.29. The van der Waals surface area contributed by atoms with E-state index in [2.05, 4.69) is 46.7 Å². The number of hydrogen-bond acceptors (Lipinski definition) is 4. The quantitative estimate of drug-likeness (QED) is 0.297. The summed E-state index contributed by atoms with van der Waals surface area (Å²) in [5.41, 5.74) is 4.49. The first-order chi connectivity index (χ1) is 16.8. The fraction of sp³-hybridized carbons (Fsp3) is 0.433. The van der Waals surface area contributed by atoms with Crippen LogP contribution in [0.2, 0.25) is 0 Å². The number of nitrogens with zero attached hydrogens (tertiary/aromatic N) is 1. The number of pyridine rings is 1. The van der Waals surface area contributed by atoms with Gasteiger partial charge in [0, 0.05) is 23.6 Å². The van der Waals surface area contributed by atoms with E-state index < -0.39 is 0 Å². The van der Waals surface area contributed by atoms with Gasteiger partial charge in [-0.3, -0.25) is 4.98 Å². The molecule has 2 fully saturated rings. The zero-order valence-corrected chi connectivity index (χ0v) is 20.0. The maximum Gasteiger partial charge on any atom is 0.130 e. The van der Waals surface area contributed by atoms with Gasteiger partial charge in [0.2, 0.25) is 0 Å². The minimum atomic E-state index is 0.484. The number of nitrogens with one attached hydrogen (secondary N) is 1. The highest BCUT2D eigenvalue weighted by Crippen LogP contribution is 2.45. The fourth-order valence-corrected chi connectivity index (χ4v) is 4.97. The Balaban J connectivity index is 1.17. The van der Waals surface area contributed by atoms with Crippen molar-refractivity contribution in [1.29, 1.82) is 0 Å². The van der Waals surface area contributed by atoms with Gasteiger partial charge in [-0.05, 0) is 85.5 Å². The first kappa shape index (κ1) is 22.8. The van der Waals surface area contributed by atoms with Crippen LogP contribution in [0.5, 0.6) is 11.5 Å². The molecule has 0 saturated heterocycles. The van der Waals surface area contributed by atoms with Gasteiger partial charge in [0.05, 0.1) is 12.3 Å². The lowest BCUT2D eigenvalue weighted by atomic mass is 9.86. The van der Waals surface area contributed by atoms with Crippen LogP contribution in [-0.4, -0.2) is 11.6 Å². The van der Waals surface area contributed by atoms with Crippen molar-refractivity contribution in [3.63, 3.8) is 0 Å². The summed E-state index contributed by atoms with van der Waals surface area (Å²) >= 11 is 0. The molecule has 4 nitrogen and oxygen atoms in total. The van der Waals surface area contributed by atoms with E-state index in [1.807, 2.05) is 24.3 Å². The minimum absolute atomic E-state index is 0.484. The molecule has 0 atom stereocenters. The Morgan fingerprint density at radius 2 is 1.71 bits per heavy atom.